The fraction of sp³-hybridized carbons (Fsp3) is 0.786. The Labute approximate surface area is 103 Å². The quantitative estimate of drug-likeness (QED) is 0.681. The van der Waals surface area contributed by atoms with Crippen LogP contribution in [0, 0.1) is 23.2 Å². The van der Waals surface area contributed by atoms with Gasteiger partial charge in [0.15, 0.2) is 5.78 Å². The molecule has 2 aliphatic carbocycles. The van der Waals surface area contributed by atoms with E-state index in [1.54, 1.807) is 0 Å². The number of rotatable bonds is 0. The van der Waals surface area contributed by atoms with Crippen LogP contribution < -0.4 is 0 Å². The van der Waals surface area contributed by atoms with Gasteiger partial charge in [-0.1, -0.05) is 27.2 Å². The van der Waals surface area contributed by atoms with Gasteiger partial charge in [0.2, 0.25) is 0 Å². The van der Waals surface area contributed by atoms with Crippen LogP contribution in [-0.2, 0) is 4.79 Å². The normalized spacial score (nSPS) is 38.6. The molecular formula is C14H22O3. The molecule has 0 radical (unpaired) electrons. The van der Waals surface area contributed by atoms with E-state index in [0.29, 0.717) is 6.42 Å². The van der Waals surface area contributed by atoms with Gasteiger partial charge in [-0.05, 0) is 36.2 Å². The summed E-state index contributed by atoms with van der Waals surface area (Å²) < 4.78 is 0. The average Bonchev–Trinajstić information content (AvgIpc) is 2.38. The van der Waals surface area contributed by atoms with Crippen LogP contribution in [0.1, 0.15) is 40.0 Å². The Morgan fingerprint density at radius 2 is 1.94 bits per heavy atom. The number of hydrogen-bond donors (Lipinski definition) is 2. The highest BCUT2D eigenvalue weighted by atomic mass is 16.3. The number of ketones is 1. The number of fused-ring (bicyclic) bond motifs is 3. The summed E-state index contributed by atoms with van der Waals surface area (Å²) in [6, 6.07) is 0. The number of allylic oxidation sites excluding steroid dienone is 2. The van der Waals surface area contributed by atoms with E-state index in [2.05, 4.69) is 20.8 Å². The number of aliphatic hydroxyl groups excluding tert-OH is 2. The lowest BCUT2D eigenvalue weighted by Gasteiger charge is -2.36. The highest BCUT2D eigenvalue weighted by Crippen LogP contribution is 2.44. The third-order valence-electron chi connectivity index (χ3n) is 4.24. The minimum absolute atomic E-state index is 0.0443. The minimum Gasteiger partial charge on any atom is -0.512 e. The minimum atomic E-state index is -0.910. The second kappa shape index (κ2) is 4.13. The number of carbonyl (C=O) groups excluding carboxylic acids is 1. The summed E-state index contributed by atoms with van der Waals surface area (Å²) in [5, 5.41) is 20.2. The van der Waals surface area contributed by atoms with E-state index in [1.165, 1.54) is 0 Å². The van der Waals surface area contributed by atoms with Crippen molar-refractivity contribution in [3.05, 3.63) is 11.8 Å². The van der Waals surface area contributed by atoms with Crippen LogP contribution in [0.5, 0.6) is 0 Å². The van der Waals surface area contributed by atoms with E-state index in [4.69, 9.17) is 0 Å². The lowest BCUT2D eigenvalue weighted by Crippen LogP contribution is -2.37. The van der Waals surface area contributed by atoms with Gasteiger partial charge in [-0.3, -0.25) is 4.79 Å². The summed E-state index contributed by atoms with van der Waals surface area (Å²) in [6.07, 6.45) is 3.36. The van der Waals surface area contributed by atoms with Gasteiger partial charge in [0.05, 0.1) is 11.7 Å². The molecular weight excluding hydrogens is 216 g/mol. The fourth-order valence-electron chi connectivity index (χ4n) is 3.26. The monoisotopic (exact) mass is 238 g/mol. The molecule has 2 bridgehead atoms. The molecule has 0 spiro atoms. The molecule has 96 valence electrons. The van der Waals surface area contributed by atoms with Gasteiger partial charge in [0, 0.05) is 0 Å². The second-order valence-electron chi connectivity index (χ2n) is 6.48. The molecule has 3 unspecified atom stereocenters. The Bertz CT molecular complexity index is 351. The highest BCUT2D eigenvalue weighted by molar-refractivity contribution is 5.88. The molecule has 0 aromatic heterocycles. The van der Waals surface area contributed by atoms with Crippen LogP contribution in [0.3, 0.4) is 0 Å². The first-order valence-electron chi connectivity index (χ1n) is 6.45. The molecule has 1 fully saturated rings. The molecule has 3 heteroatoms. The van der Waals surface area contributed by atoms with Crippen molar-refractivity contribution in [3.8, 4) is 0 Å². The smallest absolute Gasteiger partial charge is 0.172 e. The maximum absolute atomic E-state index is 12.1. The van der Waals surface area contributed by atoms with Crippen LogP contribution in [0.15, 0.2) is 11.8 Å². The van der Waals surface area contributed by atoms with E-state index >= 15 is 0 Å². The maximum atomic E-state index is 12.1. The topological polar surface area (TPSA) is 57.5 Å². The summed E-state index contributed by atoms with van der Waals surface area (Å²) in [6.45, 7) is 6.27. The first-order valence-corrected chi connectivity index (χ1v) is 6.45. The second-order valence-corrected chi connectivity index (χ2v) is 6.48. The molecule has 2 rings (SSSR count). The molecule has 4 atom stereocenters. The van der Waals surface area contributed by atoms with E-state index in [1.807, 2.05) is 6.08 Å². The molecule has 2 N–H and O–H groups in total. The molecule has 0 aromatic rings. The van der Waals surface area contributed by atoms with Crippen molar-refractivity contribution in [2.75, 3.05) is 0 Å². The van der Waals surface area contributed by atoms with Crippen LogP contribution in [0.4, 0.5) is 0 Å². The largest absolute Gasteiger partial charge is 0.512 e. The SMILES string of the molecule is CC(C)(C)[C@H]1C=C(O)C2CCCC1C(O)C2=O. The maximum Gasteiger partial charge on any atom is 0.172 e. The Kier molecular flexibility index (Phi) is 3.06. The average molecular weight is 238 g/mol. The summed E-state index contributed by atoms with van der Waals surface area (Å²) in [4.78, 5) is 12.1. The Balaban J connectivity index is 2.46. The van der Waals surface area contributed by atoms with Gasteiger partial charge >= 0.3 is 0 Å². The standard InChI is InChI=1S/C14H22O3/c1-14(2,3)10-7-11(15)9-6-4-5-8(10)12(16)13(9)17/h7-10,12,15-16H,4-6H2,1-3H3/t8?,9?,10-,12?/m0/s1. The zero-order valence-electron chi connectivity index (χ0n) is 10.8. The van der Waals surface area contributed by atoms with Crippen molar-refractivity contribution >= 4 is 5.78 Å². The fourth-order valence-corrected chi connectivity index (χ4v) is 3.26. The Hall–Kier alpha value is -0.830. The summed E-state index contributed by atoms with van der Waals surface area (Å²) >= 11 is 0. The highest BCUT2D eigenvalue weighted by Gasteiger charge is 2.45. The van der Waals surface area contributed by atoms with Crippen molar-refractivity contribution < 1.29 is 15.0 Å². The van der Waals surface area contributed by atoms with Crippen LogP contribution in [-0.4, -0.2) is 22.1 Å². The van der Waals surface area contributed by atoms with Crippen molar-refractivity contribution in [3.63, 3.8) is 0 Å². The Morgan fingerprint density at radius 1 is 1.29 bits per heavy atom. The number of carbonyl (C=O) groups is 1. The molecule has 3 nitrogen and oxygen atoms in total. The van der Waals surface area contributed by atoms with Crippen LogP contribution >= 0.6 is 0 Å². The van der Waals surface area contributed by atoms with Gasteiger partial charge < -0.3 is 10.2 Å². The van der Waals surface area contributed by atoms with E-state index in [-0.39, 0.29) is 28.8 Å². The van der Waals surface area contributed by atoms with E-state index in [0.717, 1.165) is 12.8 Å². The molecule has 2 aliphatic rings. The zero-order valence-corrected chi connectivity index (χ0v) is 10.8. The molecule has 1 saturated carbocycles. The molecule has 0 saturated heterocycles. The van der Waals surface area contributed by atoms with E-state index in [9.17, 15) is 15.0 Å². The van der Waals surface area contributed by atoms with Gasteiger partial charge in [0.1, 0.15) is 6.10 Å². The third kappa shape index (κ3) is 2.13. The van der Waals surface area contributed by atoms with Crippen molar-refractivity contribution in [1.29, 1.82) is 0 Å². The lowest BCUT2D eigenvalue weighted by atomic mass is 9.70. The first-order chi connectivity index (χ1) is 7.82. The molecule has 0 aromatic carbocycles. The van der Waals surface area contributed by atoms with Gasteiger partial charge in [-0.2, -0.15) is 0 Å². The zero-order chi connectivity index (χ0) is 12.8. The molecule has 0 aliphatic heterocycles. The van der Waals surface area contributed by atoms with Crippen molar-refractivity contribution in [1.82, 2.24) is 0 Å². The molecule has 0 amide bonds. The third-order valence-corrected chi connectivity index (χ3v) is 4.24. The van der Waals surface area contributed by atoms with Gasteiger partial charge in [-0.25, -0.2) is 0 Å². The lowest BCUT2D eigenvalue weighted by molar-refractivity contribution is -0.133. The van der Waals surface area contributed by atoms with Gasteiger partial charge in [-0.15, -0.1) is 0 Å². The number of Topliss-reactive ketones (excluding diaryl/α,β-unsaturated/α-hetero) is 1. The summed E-state index contributed by atoms with van der Waals surface area (Å²) in [5.41, 5.74) is -0.0495. The summed E-state index contributed by atoms with van der Waals surface area (Å²) in [7, 11) is 0. The number of hydrogen-bond acceptors (Lipinski definition) is 3. The van der Waals surface area contributed by atoms with Crippen molar-refractivity contribution in [2.45, 2.75) is 46.1 Å². The Morgan fingerprint density at radius 3 is 2.53 bits per heavy atom. The van der Waals surface area contributed by atoms with Crippen molar-refractivity contribution in [2.24, 2.45) is 23.2 Å². The summed E-state index contributed by atoms with van der Waals surface area (Å²) in [5.74, 6) is -0.463. The van der Waals surface area contributed by atoms with Crippen LogP contribution in [0.25, 0.3) is 0 Å². The van der Waals surface area contributed by atoms with E-state index < -0.39 is 12.0 Å². The predicted octanol–water partition coefficient (Wildman–Crippen LogP) is 2.45. The number of aliphatic hydroxyl groups is 2. The van der Waals surface area contributed by atoms with Gasteiger partial charge in [0.25, 0.3) is 0 Å². The molecule has 17 heavy (non-hydrogen) atoms. The molecule has 0 heterocycles. The van der Waals surface area contributed by atoms with Crippen LogP contribution in [0.2, 0.25) is 0 Å². The first kappa shape index (κ1) is 12.6. The predicted molar refractivity (Wildman–Crippen MR) is 65.5 cm³/mol.